The van der Waals surface area contributed by atoms with Crippen LogP contribution >= 0.6 is 23.1 Å². The van der Waals surface area contributed by atoms with Crippen molar-refractivity contribution in [2.24, 2.45) is 46.0 Å². The highest BCUT2D eigenvalue weighted by molar-refractivity contribution is 7.98. The lowest BCUT2D eigenvalue weighted by atomic mass is 9.99. The van der Waals surface area contributed by atoms with E-state index in [4.69, 9.17) is 16.6 Å². The Hall–Kier alpha value is -3.72. The highest BCUT2D eigenvalue weighted by atomic mass is 32.2. The van der Waals surface area contributed by atoms with E-state index in [2.05, 4.69) is 29.7 Å². The van der Waals surface area contributed by atoms with E-state index in [0.717, 1.165) is 17.5 Å². The summed E-state index contributed by atoms with van der Waals surface area (Å²) >= 11 is 3.01. The summed E-state index contributed by atoms with van der Waals surface area (Å²) in [6.45, 7) is 0.859. The molecule has 0 radical (unpaired) electrons. The van der Waals surface area contributed by atoms with Crippen molar-refractivity contribution < 1.29 is 41.6 Å². The highest BCUT2D eigenvalue weighted by Crippen LogP contribution is 2.73. The largest absolute Gasteiger partial charge is 0.545 e. The fraction of sp³-hybridized carbons (Fsp3) is 0.444. The van der Waals surface area contributed by atoms with Gasteiger partial charge in [-0.25, -0.2) is 36.1 Å². The number of carboxylic acid groups (broad SMARTS) is 2. The maximum absolute atomic E-state index is 13.0. The van der Waals surface area contributed by atoms with Crippen molar-refractivity contribution in [3.63, 3.8) is 0 Å². The normalized spacial score (nSPS) is 22.7. The van der Waals surface area contributed by atoms with Crippen LogP contribution in [0.25, 0.3) is 0 Å². The zero-order valence-electron chi connectivity index (χ0n) is 25.2. The molecule has 0 amide bonds. The van der Waals surface area contributed by atoms with E-state index in [1.165, 1.54) is 55.5 Å². The third kappa shape index (κ3) is 9.89. The number of aliphatic carboxylic acids is 2. The molecular weight excluding hydrogens is 693 g/mol. The second-order valence-electron chi connectivity index (χ2n) is 11.0. The van der Waals surface area contributed by atoms with Crippen molar-refractivity contribution in [3.8, 4) is 0 Å². The lowest BCUT2D eigenvalue weighted by molar-refractivity contribution is -0.355. The molecule has 1 aromatic carbocycles. The second-order valence-corrected chi connectivity index (χ2v) is 16.4. The van der Waals surface area contributed by atoms with Gasteiger partial charge in [-0.15, -0.1) is 4.98 Å². The van der Waals surface area contributed by atoms with E-state index in [9.17, 15) is 31.5 Å². The molecule has 4 saturated carbocycles. The van der Waals surface area contributed by atoms with Gasteiger partial charge in [0, 0.05) is 43.1 Å². The number of hydrogen-bond donors (Lipinski definition) is 7. The minimum absolute atomic E-state index is 0.0651. The van der Waals surface area contributed by atoms with Gasteiger partial charge in [-0.05, 0) is 66.7 Å². The Morgan fingerprint density at radius 3 is 2.40 bits per heavy atom. The van der Waals surface area contributed by atoms with Gasteiger partial charge in [-0.3, -0.25) is 4.99 Å². The van der Waals surface area contributed by atoms with Crippen molar-refractivity contribution in [1.29, 1.82) is 0 Å². The Bertz CT molecular complexity index is 1740. The number of guanidine groups is 2. The number of nitrogens with zero attached hydrogens (tertiary/aromatic N) is 2. The molecule has 4 aliphatic carbocycles. The Morgan fingerprint density at radius 2 is 1.85 bits per heavy atom. The molecule has 0 aliphatic heterocycles. The summed E-state index contributed by atoms with van der Waals surface area (Å²) in [6.07, 6.45) is 3.39. The number of rotatable bonds is 14. The van der Waals surface area contributed by atoms with Gasteiger partial charge in [-0.2, -0.15) is 11.8 Å². The summed E-state index contributed by atoms with van der Waals surface area (Å²) < 4.78 is 57.1. The Kier molecular flexibility index (Phi) is 11.9. The first-order valence-corrected chi connectivity index (χ1v) is 19.3. The number of sulfonamides is 2. The number of aromatic nitrogens is 1. The van der Waals surface area contributed by atoms with Gasteiger partial charge in [0.1, 0.15) is 5.69 Å². The average Bonchev–Trinajstić information content (AvgIpc) is 3.50. The van der Waals surface area contributed by atoms with Gasteiger partial charge >= 0.3 is 11.9 Å². The van der Waals surface area contributed by atoms with Gasteiger partial charge in [0.15, 0.2) is 0 Å². The number of carboxylic acids is 2. The maximum Gasteiger partial charge on any atom is 0.328 e. The molecule has 4 bridgehead atoms. The van der Waals surface area contributed by atoms with Crippen LogP contribution in [0, 0.1) is 29.6 Å². The molecule has 256 valence electrons. The van der Waals surface area contributed by atoms with Crippen LogP contribution in [0.4, 0.5) is 5.13 Å². The van der Waals surface area contributed by atoms with Crippen molar-refractivity contribution in [2.75, 3.05) is 25.9 Å². The molecule has 1 heterocycles. The van der Waals surface area contributed by atoms with E-state index in [0.29, 0.717) is 59.6 Å². The number of carbonyl (C=O) groups is 2. The van der Waals surface area contributed by atoms with Crippen LogP contribution in [0.15, 0.2) is 56.6 Å². The van der Waals surface area contributed by atoms with Crippen LogP contribution in [0.1, 0.15) is 18.5 Å². The molecule has 4 aliphatic rings. The molecule has 16 nitrogen and oxygen atoms in total. The third-order valence-corrected chi connectivity index (χ3v) is 12.5. The predicted molar refractivity (Wildman–Crippen MR) is 174 cm³/mol. The molecule has 9 N–H and O–H groups in total. The van der Waals surface area contributed by atoms with Crippen LogP contribution in [0.3, 0.4) is 0 Å². The summed E-state index contributed by atoms with van der Waals surface area (Å²) in [7, 11) is -6.43. The first kappa shape index (κ1) is 36.1. The van der Waals surface area contributed by atoms with Crippen LogP contribution in [0.2, 0.25) is 0 Å². The molecule has 20 heteroatoms. The number of nitrogens with two attached hydrogens (primary N) is 2. The minimum atomic E-state index is -4.06. The lowest BCUT2D eigenvalue weighted by Crippen LogP contribution is -2.72. The zero-order valence-corrected chi connectivity index (χ0v) is 28.4. The van der Waals surface area contributed by atoms with Crippen molar-refractivity contribution in [2.45, 2.75) is 28.4 Å². The number of nitrogens with one attached hydrogen (secondary N) is 4. The Labute approximate surface area is 280 Å². The van der Waals surface area contributed by atoms with E-state index in [-0.39, 0.29) is 21.7 Å². The predicted octanol–water partition coefficient (Wildman–Crippen LogP) is -2.53. The van der Waals surface area contributed by atoms with E-state index in [1.54, 1.807) is 11.8 Å². The number of hydrogen-bond acceptors (Lipinski definition) is 11. The van der Waals surface area contributed by atoms with Crippen molar-refractivity contribution in [1.82, 2.24) is 19.7 Å². The van der Waals surface area contributed by atoms with Gasteiger partial charge in [0.2, 0.25) is 16.0 Å². The number of thioether (sulfide) groups is 1. The number of benzene rings is 1. The molecule has 6 rings (SSSR count). The number of thiazole rings is 1. The third-order valence-electron chi connectivity index (χ3n) is 7.99. The lowest BCUT2D eigenvalue weighted by Gasteiger charge is -2.16. The Morgan fingerprint density at radius 1 is 1.17 bits per heavy atom. The quantitative estimate of drug-likeness (QED) is 0.0458. The van der Waals surface area contributed by atoms with Crippen molar-refractivity contribution >= 4 is 72.1 Å². The molecule has 2 aromatic rings. The summed E-state index contributed by atoms with van der Waals surface area (Å²) in [6, 6.07) is 5.37. The zero-order chi connectivity index (χ0) is 34.4. The smallest absolute Gasteiger partial charge is 0.328 e. The standard InChI is InChI=1S/C23H32N8O4S4.C4H4O4/c1-26-22(27-5-6-36-11-14-12-37-23(29-14)30-21(24)25)31-39(34,35)16-4-2-3-15(9-16)38(32,33)28-10-19-13-7-17-18(8-13)20(17)19;5-3(6)1-2-4(7)8/h2-4,9,12-13,17-20,28H,5-8,10-11H2,1H3,(H2,26,27,31)(H4,24,25,29,30);1-2H,(H,5,6)(H,7,8)/b;2-1+. The molecule has 4 fully saturated rings. The first-order valence-electron chi connectivity index (χ1n) is 14.3. The molecule has 47 heavy (non-hydrogen) atoms. The summed E-state index contributed by atoms with van der Waals surface area (Å²) in [5.41, 5.74) is 11.7. The van der Waals surface area contributed by atoms with Gasteiger partial charge in [-0.1, -0.05) is 17.4 Å². The van der Waals surface area contributed by atoms with E-state index >= 15 is 0 Å². The van der Waals surface area contributed by atoms with Gasteiger partial charge in [0.25, 0.3) is 15.2 Å². The number of carbonyl (C=O) groups excluding carboxylic acids is 1. The molecule has 3 unspecified atom stereocenters. The fourth-order valence-corrected chi connectivity index (χ4v) is 9.94. The van der Waals surface area contributed by atoms with Crippen LogP contribution in [-0.4, -0.2) is 76.7 Å². The minimum Gasteiger partial charge on any atom is -0.545 e. The molecule has 0 spiro atoms. The SMILES string of the molecule is CN=C(NCCSCc1csc([NH+]=C(N)N)n1)NS(=O)(=O)c1cccc(S(=O)(=O)NCC2C3CC4C(C3)C24)c1.O=C([O-])/C=C/C(=O)O. The van der Waals surface area contributed by atoms with Gasteiger partial charge in [0.05, 0.1) is 15.8 Å². The summed E-state index contributed by atoms with van der Waals surface area (Å²) in [4.78, 5) is 29.9. The van der Waals surface area contributed by atoms with Gasteiger partial charge < -0.3 is 31.8 Å². The van der Waals surface area contributed by atoms with Crippen LogP contribution in [-0.2, 0) is 35.4 Å². The fourth-order valence-electron chi connectivity index (χ4n) is 6.09. The van der Waals surface area contributed by atoms with Crippen molar-refractivity contribution in [3.05, 3.63) is 47.5 Å². The molecule has 3 atom stereocenters. The summed E-state index contributed by atoms with van der Waals surface area (Å²) in [5, 5.41) is 22.7. The first-order chi connectivity index (χ1) is 22.2. The van der Waals surface area contributed by atoms with E-state index in [1.807, 2.05) is 5.38 Å². The maximum atomic E-state index is 13.0. The second kappa shape index (κ2) is 15.5. The van der Waals surface area contributed by atoms with Crippen LogP contribution < -0.4 is 36.3 Å². The Balaban J connectivity index is 0.000000555. The van der Waals surface area contributed by atoms with E-state index < -0.39 is 32.0 Å². The van der Waals surface area contributed by atoms with Crippen LogP contribution in [0.5, 0.6) is 0 Å². The monoisotopic (exact) mass is 728 g/mol. The topological polar surface area (TPSA) is 273 Å². The average molecular weight is 729 g/mol. The number of aliphatic imine (C=N–C) groups is 1. The summed E-state index contributed by atoms with van der Waals surface area (Å²) in [5.74, 6) is 1.96. The molecule has 1 aromatic heterocycles. The molecular formula is C27H36N8O8S4. The highest BCUT2D eigenvalue weighted by Gasteiger charge is 2.67. The molecule has 0 saturated heterocycles.